The van der Waals surface area contributed by atoms with Gasteiger partial charge in [-0.1, -0.05) is 49.6 Å². The topological polar surface area (TPSA) is 99.8 Å². The highest BCUT2D eigenvalue weighted by molar-refractivity contribution is 5.81. The van der Waals surface area contributed by atoms with Crippen LogP contribution in [-0.4, -0.2) is 60.0 Å². The van der Waals surface area contributed by atoms with Gasteiger partial charge < -0.3 is 28.6 Å². The number of hydrogen-bond acceptors (Lipinski definition) is 6. The lowest BCUT2D eigenvalue weighted by Crippen LogP contribution is -2.65. The SMILES string of the molecule is O=C(O[C@H]1C[N+]2(CCc3ccccc3)CCC1CC2)[C@](O)(c1ccco1)C1CCCCC1.O=C([O-])C(F)(F)F. The minimum absolute atomic E-state index is 0.120. The van der Waals surface area contributed by atoms with E-state index in [1.54, 1.807) is 12.1 Å². The molecule has 4 heterocycles. The van der Waals surface area contributed by atoms with Crippen molar-refractivity contribution in [3.63, 3.8) is 0 Å². The van der Waals surface area contributed by atoms with Gasteiger partial charge in [0, 0.05) is 31.1 Å². The summed E-state index contributed by atoms with van der Waals surface area (Å²) in [7, 11) is 0. The van der Waals surface area contributed by atoms with Crippen LogP contribution in [0.1, 0.15) is 56.3 Å². The summed E-state index contributed by atoms with van der Waals surface area (Å²) in [6, 6.07) is 14.1. The van der Waals surface area contributed by atoms with Crippen LogP contribution in [0.15, 0.2) is 53.1 Å². The number of rotatable bonds is 7. The number of hydrogen-bond donors (Lipinski definition) is 1. The Hall–Kier alpha value is -2.85. The molecule has 2 atom stereocenters. The summed E-state index contributed by atoms with van der Waals surface area (Å²) in [5.41, 5.74) is -0.309. The van der Waals surface area contributed by atoms with E-state index in [1.165, 1.54) is 11.8 Å². The second-order valence-corrected chi connectivity index (χ2v) is 11.1. The molecule has 3 saturated heterocycles. The number of quaternary nitrogens is 1. The Morgan fingerprint density at radius 3 is 2.21 bits per heavy atom. The van der Waals surface area contributed by atoms with Crippen molar-refractivity contribution >= 4 is 11.9 Å². The largest absolute Gasteiger partial charge is 0.542 e. The average Bonchev–Trinajstić information content (AvgIpc) is 3.49. The van der Waals surface area contributed by atoms with Crippen molar-refractivity contribution in [2.75, 3.05) is 26.2 Å². The maximum absolute atomic E-state index is 13.6. The summed E-state index contributed by atoms with van der Waals surface area (Å²) >= 11 is 0. The van der Waals surface area contributed by atoms with Gasteiger partial charge in [-0.15, -0.1) is 0 Å². The lowest BCUT2D eigenvalue weighted by atomic mass is 9.75. The normalized spacial score (nSPS) is 26.7. The Kier molecular flexibility index (Phi) is 9.06. The Balaban J connectivity index is 0.000000448. The third-order valence-corrected chi connectivity index (χ3v) is 8.65. The molecule has 39 heavy (non-hydrogen) atoms. The summed E-state index contributed by atoms with van der Waals surface area (Å²) in [6.07, 6.45) is 4.34. The molecule has 1 saturated carbocycles. The number of furan rings is 1. The molecule has 214 valence electrons. The third-order valence-electron chi connectivity index (χ3n) is 8.65. The van der Waals surface area contributed by atoms with Gasteiger partial charge in [-0.2, -0.15) is 13.2 Å². The smallest absolute Gasteiger partial charge is 0.430 e. The van der Waals surface area contributed by atoms with Crippen molar-refractivity contribution in [2.24, 2.45) is 11.8 Å². The molecular weight excluding hydrogens is 515 g/mol. The molecule has 2 aromatic rings. The van der Waals surface area contributed by atoms with Crippen LogP contribution < -0.4 is 5.11 Å². The number of carboxylic acid groups (broad SMARTS) is 1. The second kappa shape index (κ2) is 12.1. The van der Waals surface area contributed by atoms with Crippen LogP contribution in [0.3, 0.4) is 0 Å². The highest BCUT2D eigenvalue weighted by atomic mass is 19.4. The molecule has 1 aromatic heterocycles. The number of alkyl halides is 3. The molecule has 1 aliphatic carbocycles. The number of fused-ring (bicyclic) bond motifs is 3. The van der Waals surface area contributed by atoms with Gasteiger partial charge in [-0.05, 0) is 30.5 Å². The van der Waals surface area contributed by atoms with Crippen molar-refractivity contribution in [2.45, 2.75) is 69.2 Å². The molecule has 3 aliphatic heterocycles. The number of nitrogens with zero attached hydrogens (tertiary/aromatic N) is 1. The molecule has 0 radical (unpaired) electrons. The molecule has 1 aromatic carbocycles. The fourth-order valence-corrected chi connectivity index (χ4v) is 6.39. The molecule has 10 heteroatoms. The van der Waals surface area contributed by atoms with Crippen LogP contribution >= 0.6 is 0 Å². The standard InChI is InChI=1S/C27H36NO4.C2HF3O2/c29-26(27(30,25-12-7-19-31-25)23-10-5-2-6-11-23)32-24-20-28(17-14-22(24)15-18-28)16-13-21-8-3-1-4-9-21;3-2(4,5)1(6)7/h1,3-4,7-9,12,19,22-24,30H,2,5-6,10-11,13-18,20H2;(H,6,7)/q+1;/p-1/t22?,24-,27+,28?;/m0./s1. The number of benzene rings is 1. The zero-order valence-electron chi connectivity index (χ0n) is 21.9. The predicted molar refractivity (Wildman–Crippen MR) is 133 cm³/mol. The summed E-state index contributed by atoms with van der Waals surface area (Å²) in [5, 5.41) is 20.5. The van der Waals surface area contributed by atoms with Crippen molar-refractivity contribution in [1.29, 1.82) is 0 Å². The number of aliphatic carboxylic acids is 1. The second-order valence-electron chi connectivity index (χ2n) is 11.1. The Morgan fingerprint density at radius 2 is 1.64 bits per heavy atom. The summed E-state index contributed by atoms with van der Waals surface area (Å²) < 4.78 is 44.3. The van der Waals surface area contributed by atoms with Gasteiger partial charge in [0.1, 0.15) is 18.3 Å². The lowest BCUT2D eigenvalue weighted by Gasteiger charge is -2.52. The molecule has 1 N–H and O–H groups in total. The zero-order chi connectivity index (χ0) is 28.1. The molecule has 0 spiro atoms. The monoisotopic (exact) mass is 551 g/mol. The maximum Gasteiger partial charge on any atom is 0.430 e. The quantitative estimate of drug-likeness (QED) is 0.416. The minimum Gasteiger partial charge on any atom is -0.542 e. The fourth-order valence-electron chi connectivity index (χ4n) is 6.39. The van der Waals surface area contributed by atoms with E-state index in [4.69, 9.17) is 19.1 Å². The molecular formula is C29H36F3NO6. The van der Waals surface area contributed by atoms with Gasteiger partial charge in [0.2, 0.25) is 5.60 Å². The van der Waals surface area contributed by atoms with Gasteiger partial charge in [0.15, 0.2) is 6.10 Å². The summed E-state index contributed by atoms with van der Waals surface area (Å²) in [4.78, 5) is 22.3. The van der Waals surface area contributed by atoms with Crippen LogP contribution in [-0.2, 0) is 26.3 Å². The van der Waals surface area contributed by atoms with Gasteiger partial charge >= 0.3 is 12.1 Å². The Labute approximate surface area is 226 Å². The first-order valence-corrected chi connectivity index (χ1v) is 13.7. The first-order chi connectivity index (χ1) is 18.5. The molecule has 0 unspecified atom stereocenters. The van der Waals surface area contributed by atoms with Crippen molar-refractivity contribution in [3.05, 3.63) is 60.1 Å². The van der Waals surface area contributed by atoms with E-state index in [0.29, 0.717) is 11.7 Å². The van der Waals surface area contributed by atoms with E-state index in [1.807, 2.05) is 0 Å². The lowest BCUT2D eigenvalue weighted by molar-refractivity contribution is -0.946. The van der Waals surface area contributed by atoms with E-state index in [2.05, 4.69) is 30.3 Å². The fraction of sp³-hybridized carbons (Fsp3) is 0.586. The minimum atomic E-state index is -5.19. The molecule has 4 aliphatic rings. The first-order valence-electron chi connectivity index (χ1n) is 13.7. The van der Waals surface area contributed by atoms with Crippen LogP contribution in [0.5, 0.6) is 0 Å². The number of halogens is 3. The predicted octanol–water partition coefficient (Wildman–Crippen LogP) is 3.74. The zero-order valence-corrected chi connectivity index (χ0v) is 21.9. The average molecular weight is 552 g/mol. The van der Waals surface area contributed by atoms with E-state index < -0.39 is 23.7 Å². The highest BCUT2D eigenvalue weighted by Crippen LogP contribution is 2.42. The number of ether oxygens (including phenoxy) is 1. The van der Waals surface area contributed by atoms with E-state index in [0.717, 1.165) is 82.0 Å². The van der Waals surface area contributed by atoms with Gasteiger partial charge in [-0.3, -0.25) is 0 Å². The Morgan fingerprint density at radius 1 is 1.00 bits per heavy atom. The van der Waals surface area contributed by atoms with Crippen LogP contribution in [0.4, 0.5) is 13.2 Å². The first kappa shape index (κ1) is 29.1. The number of piperidine rings is 3. The maximum atomic E-state index is 13.6. The number of aliphatic hydroxyl groups is 1. The van der Waals surface area contributed by atoms with E-state index >= 15 is 0 Å². The van der Waals surface area contributed by atoms with Crippen molar-refractivity contribution in [3.8, 4) is 0 Å². The van der Waals surface area contributed by atoms with Crippen LogP contribution in [0.2, 0.25) is 0 Å². The van der Waals surface area contributed by atoms with Crippen LogP contribution in [0.25, 0.3) is 0 Å². The molecule has 2 bridgehead atoms. The van der Waals surface area contributed by atoms with Gasteiger partial charge in [0.25, 0.3) is 0 Å². The van der Waals surface area contributed by atoms with E-state index in [9.17, 15) is 23.1 Å². The van der Waals surface area contributed by atoms with Crippen molar-refractivity contribution < 1.29 is 46.6 Å². The summed E-state index contributed by atoms with van der Waals surface area (Å²) in [6.45, 7) is 4.27. The summed E-state index contributed by atoms with van der Waals surface area (Å²) in [5.74, 6) is -2.91. The highest BCUT2D eigenvalue weighted by Gasteiger charge is 2.53. The van der Waals surface area contributed by atoms with Gasteiger partial charge in [-0.25, -0.2) is 4.79 Å². The number of carboxylic acids is 1. The van der Waals surface area contributed by atoms with Crippen molar-refractivity contribution in [1.82, 2.24) is 0 Å². The Bertz CT molecular complexity index is 1080. The molecule has 7 nitrogen and oxygen atoms in total. The number of carbonyl (C=O) groups excluding carboxylic acids is 2. The molecule has 4 fully saturated rings. The van der Waals surface area contributed by atoms with E-state index in [-0.39, 0.29) is 12.0 Å². The number of carbonyl (C=O) groups is 2. The molecule has 6 rings (SSSR count). The number of esters is 1. The molecule has 0 amide bonds. The van der Waals surface area contributed by atoms with Crippen LogP contribution in [0, 0.1) is 11.8 Å². The third kappa shape index (κ3) is 6.84. The van der Waals surface area contributed by atoms with Gasteiger partial charge in [0.05, 0.1) is 25.9 Å².